The molecule has 0 aromatic heterocycles. The zero-order valence-corrected chi connectivity index (χ0v) is 29.5. The van der Waals surface area contributed by atoms with Gasteiger partial charge >= 0.3 is 0 Å². The minimum absolute atomic E-state index is 0.0870. The van der Waals surface area contributed by atoms with Crippen molar-refractivity contribution in [1.29, 1.82) is 0 Å². The van der Waals surface area contributed by atoms with Gasteiger partial charge in [0.1, 0.15) is 73.8 Å². The van der Waals surface area contributed by atoms with E-state index in [1.165, 1.54) is 22.3 Å². The first kappa shape index (κ1) is 34.4. The van der Waals surface area contributed by atoms with Crippen LogP contribution in [-0.4, -0.2) is 77.3 Å². The van der Waals surface area contributed by atoms with Crippen molar-refractivity contribution in [2.45, 2.75) is 62.9 Å². The summed E-state index contributed by atoms with van der Waals surface area (Å²) in [5, 5.41) is 0. The maximum atomic E-state index is 5.72. The summed E-state index contributed by atoms with van der Waals surface area (Å²) in [5.74, 6) is 3.56. The van der Waals surface area contributed by atoms with Gasteiger partial charge < -0.3 is 37.9 Å². The Morgan fingerprint density at radius 1 is 0.380 bits per heavy atom. The van der Waals surface area contributed by atoms with E-state index in [1.807, 2.05) is 48.5 Å². The molecule has 0 N–H and O–H groups in total. The predicted molar refractivity (Wildman–Crippen MR) is 191 cm³/mol. The van der Waals surface area contributed by atoms with Gasteiger partial charge in [-0.2, -0.15) is 0 Å². The molecule has 0 saturated carbocycles. The molecule has 4 atom stereocenters. The smallest absolute Gasteiger partial charge is 0.119 e. The van der Waals surface area contributed by atoms with Crippen molar-refractivity contribution >= 4 is 0 Å². The van der Waals surface area contributed by atoms with E-state index in [2.05, 4.69) is 76.2 Å². The minimum Gasteiger partial charge on any atom is -0.491 e. The van der Waals surface area contributed by atoms with Gasteiger partial charge in [0.05, 0.1) is 26.4 Å². The summed E-state index contributed by atoms with van der Waals surface area (Å²) >= 11 is 0. The molecule has 0 amide bonds. The van der Waals surface area contributed by atoms with Crippen molar-refractivity contribution in [3.05, 3.63) is 119 Å². The topological polar surface area (TPSA) is 87.0 Å². The molecule has 264 valence electrons. The lowest BCUT2D eigenvalue weighted by molar-refractivity contribution is 0.263. The Balaban J connectivity index is 0.000000157. The molecule has 8 heteroatoms. The van der Waals surface area contributed by atoms with Crippen LogP contribution in [0, 0.1) is 0 Å². The van der Waals surface area contributed by atoms with Crippen molar-refractivity contribution in [1.82, 2.24) is 0 Å². The lowest BCUT2D eigenvalue weighted by atomic mass is 9.78. The molecule has 4 heterocycles. The molecule has 4 aromatic rings. The van der Waals surface area contributed by atoms with E-state index in [0.717, 1.165) is 49.4 Å². The number of hydrogen-bond donors (Lipinski definition) is 0. The molecule has 4 unspecified atom stereocenters. The highest BCUT2D eigenvalue weighted by molar-refractivity contribution is 5.43. The van der Waals surface area contributed by atoms with E-state index in [4.69, 9.17) is 37.9 Å². The molecular formula is C42H48O8. The maximum absolute atomic E-state index is 5.72. The molecule has 4 fully saturated rings. The fraction of sp³-hybridized carbons (Fsp3) is 0.429. The number of ether oxygens (including phenoxy) is 8. The highest BCUT2D eigenvalue weighted by Gasteiger charge is 2.27. The number of rotatable bonds is 16. The lowest BCUT2D eigenvalue weighted by Gasteiger charge is -2.26. The molecule has 0 aliphatic carbocycles. The summed E-state index contributed by atoms with van der Waals surface area (Å²) in [4.78, 5) is 0. The highest BCUT2D eigenvalue weighted by Crippen LogP contribution is 2.35. The summed E-state index contributed by atoms with van der Waals surface area (Å²) in [6.45, 7) is 14.7. The molecule has 0 bridgehead atoms. The van der Waals surface area contributed by atoms with E-state index in [-0.39, 0.29) is 35.2 Å². The Morgan fingerprint density at radius 3 is 0.720 bits per heavy atom. The number of hydrogen-bond acceptors (Lipinski definition) is 8. The first-order chi connectivity index (χ1) is 24.2. The third-order valence-electron chi connectivity index (χ3n) is 9.66. The van der Waals surface area contributed by atoms with E-state index in [1.54, 1.807) is 0 Å². The van der Waals surface area contributed by atoms with Crippen LogP contribution >= 0.6 is 0 Å². The molecule has 4 aliphatic rings. The highest BCUT2D eigenvalue weighted by atomic mass is 16.6. The third-order valence-corrected chi connectivity index (χ3v) is 9.66. The van der Waals surface area contributed by atoms with Crippen LogP contribution in [0.25, 0.3) is 0 Å². The quantitative estimate of drug-likeness (QED) is 0.116. The number of benzene rings is 4. The van der Waals surface area contributed by atoms with Crippen molar-refractivity contribution in [3.63, 3.8) is 0 Å². The Morgan fingerprint density at radius 2 is 0.560 bits per heavy atom. The van der Waals surface area contributed by atoms with Gasteiger partial charge in [-0.15, -0.1) is 0 Å². The molecule has 4 saturated heterocycles. The van der Waals surface area contributed by atoms with Gasteiger partial charge in [0.25, 0.3) is 0 Å². The van der Waals surface area contributed by atoms with Crippen LogP contribution in [0.5, 0.6) is 23.0 Å². The second-order valence-electron chi connectivity index (χ2n) is 14.4. The largest absolute Gasteiger partial charge is 0.491 e. The molecule has 4 aromatic carbocycles. The van der Waals surface area contributed by atoms with Gasteiger partial charge in [-0.25, -0.2) is 0 Å². The number of epoxide rings is 4. The van der Waals surface area contributed by atoms with Crippen LogP contribution in [0.1, 0.15) is 49.9 Å². The summed E-state index contributed by atoms with van der Waals surface area (Å²) in [7, 11) is 0. The van der Waals surface area contributed by atoms with Crippen LogP contribution in [0.3, 0.4) is 0 Å². The van der Waals surface area contributed by atoms with Crippen LogP contribution in [-0.2, 0) is 29.8 Å². The standard InChI is InChI=1S/2C21H24O4/c2*1-21(2,15-3-7-17(8-4-15)22-11-19-13-24-19)16-5-9-18(10-6-16)23-12-20-14-25-20/h2*3-10,19-20H,11-14H2,1-2H3. The van der Waals surface area contributed by atoms with Gasteiger partial charge in [0, 0.05) is 10.8 Å². The SMILES string of the molecule is CC(C)(c1ccc(OCC2CO2)cc1)c1ccc(OCC2CO2)cc1.CC(C)(c1ccc(OCC2CO2)cc1)c1ccc(OCC2CO2)cc1. The molecule has 0 spiro atoms. The Bertz CT molecular complexity index is 1400. The fourth-order valence-corrected chi connectivity index (χ4v) is 5.62. The second-order valence-corrected chi connectivity index (χ2v) is 14.4. The van der Waals surface area contributed by atoms with Crippen molar-refractivity contribution in [2.24, 2.45) is 0 Å². The van der Waals surface area contributed by atoms with E-state index in [0.29, 0.717) is 26.4 Å². The van der Waals surface area contributed by atoms with E-state index in [9.17, 15) is 0 Å². The predicted octanol–water partition coefficient (Wildman–Crippen LogP) is 7.14. The Labute approximate surface area is 295 Å². The summed E-state index contributed by atoms with van der Waals surface area (Å²) < 4.78 is 43.5. The first-order valence-corrected chi connectivity index (χ1v) is 17.6. The average molecular weight is 681 g/mol. The molecule has 50 heavy (non-hydrogen) atoms. The van der Waals surface area contributed by atoms with Crippen LogP contribution in [0.15, 0.2) is 97.1 Å². The first-order valence-electron chi connectivity index (χ1n) is 17.6. The summed E-state index contributed by atoms with van der Waals surface area (Å²) in [6.07, 6.45) is 1.12. The van der Waals surface area contributed by atoms with Gasteiger partial charge in [-0.3, -0.25) is 0 Å². The molecule has 8 rings (SSSR count). The second kappa shape index (κ2) is 15.0. The van der Waals surface area contributed by atoms with Gasteiger partial charge in [-0.1, -0.05) is 76.2 Å². The van der Waals surface area contributed by atoms with Crippen LogP contribution in [0.2, 0.25) is 0 Å². The van der Waals surface area contributed by atoms with Crippen LogP contribution in [0.4, 0.5) is 0 Å². The van der Waals surface area contributed by atoms with Crippen LogP contribution < -0.4 is 18.9 Å². The van der Waals surface area contributed by atoms with Gasteiger partial charge in [0.15, 0.2) is 0 Å². The molecular weight excluding hydrogens is 632 g/mol. The molecule has 4 aliphatic heterocycles. The van der Waals surface area contributed by atoms with Crippen molar-refractivity contribution in [2.75, 3.05) is 52.9 Å². The van der Waals surface area contributed by atoms with E-state index < -0.39 is 0 Å². The minimum atomic E-state index is -0.0870. The van der Waals surface area contributed by atoms with Crippen molar-refractivity contribution < 1.29 is 37.9 Å². The average Bonchev–Trinajstić information content (AvgIpc) is 3.95. The fourth-order valence-electron chi connectivity index (χ4n) is 5.62. The molecule has 0 radical (unpaired) electrons. The Kier molecular flexibility index (Phi) is 10.3. The zero-order chi connectivity index (χ0) is 34.6. The van der Waals surface area contributed by atoms with E-state index >= 15 is 0 Å². The van der Waals surface area contributed by atoms with Gasteiger partial charge in [-0.05, 0) is 70.8 Å². The third kappa shape index (κ3) is 9.58. The Hall–Kier alpha value is -4.08. The monoisotopic (exact) mass is 680 g/mol. The van der Waals surface area contributed by atoms with Gasteiger partial charge in [0.2, 0.25) is 0 Å². The van der Waals surface area contributed by atoms with Crippen molar-refractivity contribution in [3.8, 4) is 23.0 Å². The normalized spacial score (nSPS) is 21.7. The summed E-state index contributed by atoms with van der Waals surface area (Å²) in [6, 6.07) is 33.4. The zero-order valence-electron chi connectivity index (χ0n) is 29.5. The lowest BCUT2D eigenvalue weighted by Crippen LogP contribution is -2.18. The summed E-state index contributed by atoms with van der Waals surface area (Å²) in [5.41, 5.74) is 4.84. The molecule has 8 nitrogen and oxygen atoms in total. The maximum Gasteiger partial charge on any atom is 0.119 e.